The average Bonchev–Trinajstić information content (AvgIpc) is 2.26. The zero-order valence-corrected chi connectivity index (χ0v) is 11.4. The summed E-state index contributed by atoms with van der Waals surface area (Å²) in [6.07, 6.45) is -4.10. The molecule has 0 spiro atoms. The Labute approximate surface area is 107 Å². The van der Waals surface area contributed by atoms with Crippen LogP contribution < -0.4 is 5.73 Å². The molecule has 1 unspecified atom stereocenters. The summed E-state index contributed by atoms with van der Waals surface area (Å²) < 4.78 is 36.9. The molecule has 1 heterocycles. The van der Waals surface area contributed by atoms with Crippen LogP contribution in [0.4, 0.5) is 13.2 Å². The fourth-order valence-corrected chi connectivity index (χ4v) is 2.40. The molecule has 1 aliphatic rings. The molecule has 0 aliphatic carbocycles. The van der Waals surface area contributed by atoms with Crippen molar-refractivity contribution in [2.24, 2.45) is 11.7 Å². The third-order valence-corrected chi connectivity index (χ3v) is 4.15. The maximum absolute atomic E-state index is 12.3. The van der Waals surface area contributed by atoms with E-state index in [9.17, 15) is 13.2 Å². The number of hydrogen-bond acceptors (Lipinski definition) is 3. The van der Waals surface area contributed by atoms with Gasteiger partial charge in [0.05, 0.1) is 6.54 Å². The van der Waals surface area contributed by atoms with E-state index in [1.165, 1.54) is 4.90 Å². The Bertz CT molecular complexity index is 260. The van der Waals surface area contributed by atoms with Gasteiger partial charge in [0.25, 0.3) is 0 Å². The van der Waals surface area contributed by atoms with Crippen molar-refractivity contribution in [1.82, 2.24) is 9.80 Å². The van der Waals surface area contributed by atoms with E-state index in [2.05, 4.69) is 25.7 Å². The number of rotatable bonds is 4. The molecular weight excluding hydrogens is 243 g/mol. The molecule has 1 atom stereocenters. The summed E-state index contributed by atoms with van der Waals surface area (Å²) >= 11 is 0. The van der Waals surface area contributed by atoms with Crippen LogP contribution in [0.5, 0.6) is 0 Å². The molecule has 1 rings (SSSR count). The molecule has 3 nitrogen and oxygen atoms in total. The number of halogens is 3. The van der Waals surface area contributed by atoms with E-state index >= 15 is 0 Å². The van der Waals surface area contributed by atoms with Crippen LogP contribution in [-0.4, -0.2) is 60.8 Å². The fourth-order valence-electron chi connectivity index (χ4n) is 2.40. The smallest absolute Gasteiger partial charge is 0.329 e. The predicted molar refractivity (Wildman–Crippen MR) is 66.4 cm³/mol. The zero-order valence-electron chi connectivity index (χ0n) is 11.4. The Kier molecular flexibility index (Phi) is 5.03. The first-order chi connectivity index (χ1) is 8.19. The van der Waals surface area contributed by atoms with Gasteiger partial charge in [-0.05, 0) is 12.8 Å². The molecule has 0 saturated carbocycles. The Balaban J connectivity index is 2.53. The highest BCUT2D eigenvalue weighted by atomic mass is 19.4. The lowest BCUT2D eigenvalue weighted by molar-refractivity contribution is -0.151. The number of alkyl halides is 3. The lowest BCUT2D eigenvalue weighted by Gasteiger charge is -2.47. The summed E-state index contributed by atoms with van der Waals surface area (Å²) in [4.78, 5) is 3.69. The molecule has 2 N–H and O–H groups in total. The van der Waals surface area contributed by atoms with Crippen molar-refractivity contribution >= 4 is 0 Å². The van der Waals surface area contributed by atoms with Gasteiger partial charge in [0, 0.05) is 38.3 Å². The first kappa shape index (κ1) is 15.7. The van der Waals surface area contributed by atoms with E-state index in [4.69, 9.17) is 5.73 Å². The molecule has 0 aromatic rings. The van der Waals surface area contributed by atoms with Crippen LogP contribution in [-0.2, 0) is 0 Å². The highest BCUT2D eigenvalue weighted by Gasteiger charge is 2.38. The lowest BCUT2D eigenvalue weighted by Crippen LogP contribution is -2.61. The van der Waals surface area contributed by atoms with Gasteiger partial charge in [0.2, 0.25) is 0 Å². The van der Waals surface area contributed by atoms with Crippen molar-refractivity contribution in [1.29, 1.82) is 0 Å². The largest absolute Gasteiger partial charge is 0.401 e. The predicted octanol–water partition coefficient (Wildman–Crippen LogP) is 1.54. The van der Waals surface area contributed by atoms with Gasteiger partial charge in [-0.3, -0.25) is 9.80 Å². The molecule has 1 fully saturated rings. The van der Waals surface area contributed by atoms with Crippen molar-refractivity contribution < 1.29 is 13.2 Å². The van der Waals surface area contributed by atoms with Gasteiger partial charge >= 0.3 is 6.18 Å². The third-order valence-electron chi connectivity index (χ3n) is 4.15. The van der Waals surface area contributed by atoms with Crippen LogP contribution in [0.3, 0.4) is 0 Å². The molecule has 0 amide bonds. The maximum atomic E-state index is 12.3. The second kappa shape index (κ2) is 5.75. The summed E-state index contributed by atoms with van der Waals surface area (Å²) in [5, 5.41) is 0. The van der Waals surface area contributed by atoms with E-state index < -0.39 is 12.7 Å². The lowest BCUT2D eigenvalue weighted by atomic mass is 9.86. The monoisotopic (exact) mass is 267 g/mol. The SMILES string of the molecule is CC(C)C(C)(CN)N1CCN(CC(F)(F)F)CC1. The first-order valence-corrected chi connectivity index (χ1v) is 6.43. The molecule has 0 radical (unpaired) electrons. The summed E-state index contributed by atoms with van der Waals surface area (Å²) in [7, 11) is 0. The Morgan fingerprint density at radius 2 is 1.61 bits per heavy atom. The van der Waals surface area contributed by atoms with Gasteiger partial charge in [0.1, 0.15) is 0 Å². The van der Waals surface area contributed by atoms with Crippen LogP contribution in [0.2, 0.25) is 0 Å². The van der Waals surface area contributed by atoms with Crippen LogP contribution >= 0.6 is 0 Å². The van der Waals surface area contributed by atoms with E-state index in [1.807, 2.05) is 0 Å². The molecule has 6 heteroatoms. The van der Waals surface area contributed by atoms with Crippen LogP contribution in [0.15, 0.2) is 0 Å². The van der Waals surface area contributed by atoms with Crippen molar-refractivity contribution in [3.63, 3.8) is 0 Å². The number of nitrogens with two attached hydrogens (primary N) is 1. The van der Waals surface area contributed by atoms with Gasteiger partial charge < -0.3 is 5.73 Å². The van der Waals surface area contributed by atoms with Crippen molar-refractivity contribution in [2.75, 3.05) is 39.3 Å². The Morgan fingerprint density at radius 3 is 1.94 bits per heavy atom. The van der Waals surface area contributed by atoms with Crippen LogP contribution in [0.25, 0.3) is 0 Å². The number of piperazine rings is 1. The molecule has 1 saturated heterocycles. The minimum atomic E-state index is -4.10. The van der Waals surface area contributed by atoms with Gasteiger partial charge in [-0.25, -0.2) is 0 Å². The van der Waals surface area contributed by atoms with Gasteiger partial charge in [-0.15, -0.1) is 0 Å². The van der Waals surface area contributed by atoms with Gasteiger partial charge in [0.15, 0.2) is 0 Å². The first-order valence-electron chi connectivity index (χ1n) is 6.43. The topological polar surface area (TPSA) is 32.5 Å². The quantitative estimate of drug-likeness (QED) is 0.838. The van der Waals surface area contributed by atoms with E-state index in [0.717, 1.165) is 0 Å². The summed E-state index contributed by atoms with van der Waals surface area (Å²) in [6, 6.07) is 0. The summed E-state index contributed by atoms with van der Waals surface area (Å²) in [5.74, 6) is 0.386. The maximum Gasteiger partial charge on any atom is 0.401 e. The van der Waals surface area contributed by atoms with Gasteiger partial charge in [-0.1, -0.05) is 13.8 Å². The van der Waals surface area contributed by atoms with Crippen LogP contribution in [0.1, 0.15) is 20.8 Å². The number of hydrogen-bond donors (Lipinski definition) is 1. The zero-order chi connectivity index (χ0) is 14.0. The summed E-state index contributed by atoms with van der Waals surface area (Å²) in [6.45, 7) is 8.26. The molecule has 18 heavy (non-hydrogen) atoms. The molecule has 108 valence electrons. The molecule has 0 bridgehead atoms. The van der Waals surface area contributed by atoms with E-state index in [1.54, 1.807) is 0 Å². The fraction of sp³-hybridized carbons (Fsp3) is 1.00. The molecular formula is C12H24F3N3. The standard InChI is InChI=1S/C12H24F3N3/c1-10(2)11(3,8-16)18-6-4-17(5-7-18)9-12(13,14)15/h10H,4-9,16H2,1-3H3. The second-order valence-corrected chi connectivity index (χ2v) is 5.59. The van der Waals surface area contributed by atoms with E-state index in [-0.39, 0.29) is 5.54 Å². The third kappa shape index (κ3) is 3.83. The molecule has 1 aliphatic heterocycles. The molecule has 0 aromatic carbocycles. The minimum Gasteiger partial charge on any atom is -0.329 e. The minimum absolute atomic E-state index is 0.121. The molecule has 0 aromatic heterocycles. The normalized spacial score (nSPS) is 23.3. The van der Waals surface area contributed by atoms with Crippen LogP contribution in [0, 0.1) is 5.92 Å². The second-order valence-electron chi connectivity index (χ2n) is 5.59. The van der Waals surface area contributed by atoms with Crippen molar-refractivity contribution in [3.8, 4) is 0 Å². The Hall–Kier alpha value is -0.330. The average molecular weight is 267 g/mol. The number of nitrogens with zero attached hydrogens (tertiary/aromatic N) is 2. The Morgan fingerprint density at radius 1 is 1.11 bits per heavy atom. The van der Waals surface area contributed by atoms with Gasteiger partial charge in [-0.2, -0.15) is 13.2 Å². The summed E-state index contributed by atoms with van der Waals surface area (Å²) in [5.41, 5.74) is 5.72. The highest BCUT2D eigenvalue weighted by molar-refractivity contribution is 4.92. The van der Waals surface area contributed by atoms with E-state index in [0.29, 0.717) is 38.6 Å². The van der Waals surface area contributed by atoms with Crippen molar-refractivity contribution in [2.45, 2.75) is 32.5 Å². The highest BCUT2D eigenvalue weighted by Crippen LogP contribution is 2.26. The van der Waals surface area contributed by atoms with Crippen molar-refractivity contribution in [3.05, 3.63) is 0 Å².